The first-order valence-electron chi connectivity index (χ1n) is 5.02. The largest absolute Gasteiger partial charge is 0.333 e. The van der Waals surface area contributed by atoms with Crippen molar-refractivity contribution in [3.8, 4) is 10.8 Å². The number of thiophene rings is 1. The lowest BCUT2D eigenvalue weighted by Crippen LogP contribution is -2.21. The van der Waals surface area contributed by atoms with Gasteiger partial charge in [-0.25, -0.2) is 0 Å². The van der Waals surface area contributed by atoms with Gasteiger partial charge in [0, 0.05) is 12.5 Å². The molecule has 2 heterocycles. The zero-order valence-electron chi connectivity index (χ0n) is 8.81. The maximum atomic E-state index is 5.97. The zero-order valence-corrected chi connectivity index (χ0v) is 10.4. The first kappa shape index (κ1) is 11.6. The van der Waals surface area contributed by atoms with Crippen LogP contribution in [-0.2, 0) is 6.42 Å². The van der Waals surface area contributed by atoms with Crippen molar-refractivity contribution in [3.63, 3.8) is 0 Å². The van der Waals surface area contributed by atoms with E-state index in [0.29, 0.717) is 23.2 Å². The highest BCUT2D eigenvalue weighted by Crippen LogP contribution is 2.31. The molecule has 2 N–H and O–H groups in total. The molecule has 2 aromatic heterocycles. The van der Waals surface area contributed by atoms with Crippen LogP contribution in [0.5, 0.6) is 0 Å². The van der Waals surface area contributed by atoms with Crippen molar-refractivity contribution in [2.45, 2.75) is 25.8 Å². The molecular formula is C10H12ClN3OS. The lowest BCUT2D eigenvalue weighted by molar-refractivity contribution is 0.420. The van der Waals surface area contributed by atoms with Gasteiger partial charge in [-0.05, 0) is 17.9 Å². The molecule has 0 saturated heterocycles. The van der Waals surface area contributed by atoms with Gasteiger partial charge in [0.25, 0.3) is 5.89 Å². The van der Waals surface area contributed by atoms with Gasteiger partial charge >= 0.3 is 0 Å². The molecule has 86 valence electrons. The number of hydrogen-bond acceptors (Lipinski definition) is 5. The molecule has 2 rings (SSSR count). The van der Waals surface area contributed by atoms with Crippen LogP contribution in [-0.4, -0.2) is 16.2 Å². The normalized spacial score (nSPS) is 12.9. The summed E-state index contributed by atoms with van der Waals surface area (Å²) in [7, 11) is 0. The summed E-state index contributed by atoms with van der Waals surface area (Å²) in [6, 6.07) is 1.88. The van der Waals surface area contributed by atoms with E-state index in [0.717, 1.165) is 11.3 Å². The smallest absolute Gasteiger partial charge is 0.269 e. The second kappa shape index (κ2) is 4.95. The quantitative estimate of drug-likeness (QED) is 0.915. The average Bonchev–Trinajstić information content (AvgIpc) is 2.86. The van der Waals surface area contributed by atoms with Gasteiger partial charge < -0.3 is 10.3 Å². The van der Waals surface area contributed by atoms with E-state index in [-0.39, 0.29) is 6.04 Å². The van der Waals surface area contributed by atoms with E-state index < -0.39 is 0 Å². The minimum absolute atomic E-state index is 0.0734. The summed E-state index contributed by atoms with van der Waals surface area (Å²) in [4.78, 5) is 5.08. The molecule has 0 aliphatic heterocycles. The number of hydrogen-bond donors (Lipinski definition) is 1. The Hall–Kier alpha value is -0.910. The van der Waals surface area contributed by atoms with Crippen molar-refractivity contribution in [1.82, 2.24) is 10.1 Å². The number of aromatic nitrogens is 2. The molecule has 0 radical (unpaired) electrons. The van der Waals surface area contributed by atoms with Crippen LogP contribution >= 0.6 is 22.9 Å². The fraction of sp³-hybridized carbons (Fsp3) is 0.400. The summed E-state index contributed by atoms with van der Waals surface area (Å²) in [5.74, 6) is 1.10. The Kier molecular flexibility index (Phi) is 3.58. The Morgan fingerprint density at radius 1 is 1.62 bits per heavy atom. The Balaban J connectivity index is 2.17. The van der Waals surface area contributed by atoms with E-state index in [4.69, 9.17) is 21.9 Å². The fourth-order valence-electron chi connectivity index (χ4n) is 1.25. The molecule has 0 bridgehead atoms. The molecule has 0 aromatic carbocycles. The third-order valence-corrected chi connectivity index (χ3v) is 3.58. The number of rotatable bonds is 4. The summed E-state index contributed by atoms with van der Waals surface area (Å²) in [6.07, 6.45) is 1.52. The van der Waals surface area contributed by atoms with Gasteiger partial charge in [-0.15, -0.1) is 11.3 Å². The van der Waals surface area contributed by atoms with Crippen molar-refractivity contribution in [3.05, 3.63) is 22.3 Å². The number of nitrogens with two attached hydrogens (primary N) is 1. The lowest BCUT2D eigenvalue weighted by atomic mass is 10.2. The van der Waals surface area contributed by atoms with Gasteiger partial charge in [-0.2, -0.15) is 4.98 Å². The molecule has 2 aromatic rings. The van der Waals surface area contributed by atoms with Crippen LogP contribution in [0.1, 0.15) is 19.2 Å². The summed E-state index contributed by atoms with van der Waals surface area (Å²) in [6.45, 7) is 2.03. The average molecular weight is 258 g/mol. The SMILES string of the molecule is CCC(N)Cc1noc(-c2sccc2Cl)n1. The van der Waals surface area contributed by atoms with E-state index in [1.165, 1.54) is 11.3 Å². The first-order valence-corrected chi connectivity index (χ1v) is 6.28. The summed E-state index contributed by atoms with van der Waals surface area (Å²) >= 11 is 7.46. The van der Waals surface area contributed by atoms with Gasteiger partial charge in [-0.3, -0.25) is 0 Å². The van der Waals surface area contributed by atoms with Gasteiger partial charge in [0.15, 0.2) is 5.82 Å². The van der Waals surface area contributed by atoms with Crippen molar-refractivity contribution < 1.29 is 4.52 Å². The Labute approximate surface area is 102 Å². The molecule has 6 heteroatoms. The van der Waals surface area contributed by atoms with Crippen LogP contribution < -0.4 is 5.73 Å². The minimum atomic E-state index is 0.0734. The standard InChI is InChI=1S/C10H12ClN3OS/c1-2-6(12)5-8-13-10(15-14-8)9-7(11)3-4-16-9/h3-4,6H,2,5,12H2,1H3. The molecule has 0 spiro atoms. The molecule has 0 fully saturated rings. The minimum Gasteiger partial charge on any atom is -0.333 e. The second-order valence-corrected chi connectivity index (χ2v) is 4.81. The molecule has 4 nitrogen and oxygen atoms in total. The van der Waals surface area contributed by atoms with Gasteiger partial charge in [0.1, 0.15) is 4.88 Å². The predicted octanol–water partition coefficient (Wildman–Crippen LogP) is 2.73. The van der Waals surface area contributed by atoms with Crippen LogP contribution in [0.4, 0.5) is 0 Å². The topological polar surface area (TPSA) is 64.9 Å². The molecule has 1 atom stereocenters. The van der Waals surface area contributed by atoms with Crippen molar-refractivity contribution >= 4 is 22.9 Å². The molecule has 0 saturated carbocycles. The van der Waals surface area contributed by atoms with Crippen LogP contribution in [0.2, 0.25) is 5.02 Å². The maximum Gasteiger partial charge on any atom is 0.269 e. The molecule has 0 aliphatic rings. The van der Waals surface area contributed by atoms with Gasteiger partial charge in [0.05, 0.1) is 5.02 Å². The van der Waals surface area contributed by atoms with Crippen LogP contribution in [0.15, 0.2) is 16.0 Å². The predicted molar refractivity (Wildman–Crippen MR) is 64.6 cm³/mol. The zero-order chi connectivity index (χ0) is 11.5. The molecular weight excluding hydrogens is 246 g/mol. The highest BCUT2D eigenvalue weighted by molar-refractivity contribution is 7.14. The molecule has 0 amide bonds. The van der Waals surface area contributed by atoms with Gasteiger partial charge in [0.2, 0.25) is 0 Å². The highest BCUT2D eigenvalue weighted by atomic mass is 35.5. The summed E-state index contributed by atoms with van der Waals surface area (Å²) in [5, 5.41) is 6.41. The van der Waals surface area contributed by atoms with E-state index in [2.05, 4.69) is 10.1 Å². The lowest BCUT2D eigenvalue weighted by Gasteiger charge is -2.02. The van der Waals surface area contributed by atoms with Crippen molar-refractivity contribution in [1.29, 1.82) is 0 Å². The van der Waals surface area contributed by atoms with E-state index >= 15 is 0 Å². The van der Waals surface area contributed by atoms with E-state index in [1.807, 2.05) is 18.4 Å². The molecule has 1 unspecified atom stereocenters. The van der Waals surface area contributed by atoms with E-state index in [1.54, 1.807) is 0 Å². The monoisotopic (exact) mass is 257 g/mol. The van der Waals surface area contributed by atoms with Crippen molar-refractivity contribution in [2.75, 3.05) is 0 Å². The molecule has 0 aliphatic carbocycles. The first-order chi connectivity index (χ1) is 7.70. The molecule has 16 heavy (non-hydrogen) atoms. The maximum absolute atomic E-state index is 5.97. The van der Waals surface area contributed by atoms with Crippen LogP contribution in [0.3, 0.4) is 0 Å². The Morgan fingerprint density at radius 2 is 2.44 bits per heavy atom. The number of halogens is 1. The third kappa shape index (κ3) is 2.42. The highest BCUT2D eigenvalue weighted by Gasteiger charge is 2.14. The van der Waals surface area contributed by atoms with Crippen LogP contribution in [0, 0.1) is 0 Å². The number of nitrogens with zero attached hydrogens (tertiary/aromatic N) is 2. The Morgan fingerprint density at radius 3 is 3.06 bits per heavy atom. The third-order valence-electron chi connectivity index (χ3n) is 2.25. The second-order valence-electron chi connectivity index (χ2n) is 3.49. The Bertz CT molecular complexity index is 468. The summed E-state index contributed by atoms with van der Waals surface area (Å²) in [5.41, 5.74) is 5.82. The summed E-state index contributed by atoms with van der Waals surface area (Å²) < 4.78 is 5.14. The van der Waals surface area contributed by atoms with Crippen LogP contribution in [0.25, 0.3) is 10.8 Å². The van der Waals surface area contributed by atoms with Crippen molar-refractivity contribution in [2.24, 2.45) is 5.73 Å². The van der Waals surface area contributed by atoms with Gasteiger partial charge in [-0.1, -0.05) is 23.7 Å². The fourth-order valence-corrected chi connectivity index (χ4v) is 2.31. The van der Waals surface area contributed by atoms with E-state index in [9.17, 15) is 0 Å².